The summed E-state index contributed by atoms with van der Waals surface area (Å²) in [6.07, 6.45) is 7.72. The van der Waals surface area contributed by atoms with Crippen LogP contribution in [-0.2, 0) is 13.0 Å². The largest absolute Gasteiger partial charge is 0.465 e. The molecule has 1 heterocycles. The Balaban J connectivity index is 1.85. The summed E-state index contributed by atoms with van der Waals surface area (Å²) in [5, 5.41) is 3.60. The Labute approximate surface area is 117 Å². The molecule has 19 heavy (non-hydrogen) atoms. The molecule has 0 amide bonds. The lowest BCUT2D eigenvalue weighted by atomic mass is 9.80. The minimum atomic E-state index is 0.346. The van der Waals surface area contributed by atoms with Crippen molar-refractivity contribution in [1.82, 2.24) is 10.2 Å². The van der Waals surface area contributed by atoms with E-state index in [-0.39, 0.29) is 0 Å². The van der Waals surface area contributed by atoms with Crippen LogP contribution in [0.1, 0.15) is 50.5 Å². The van der Waals surface area contributed by atoms with Gasteiger partial charge in [-0.1, -0.05) is 26.2 Å². The lowest BCUT2D eigenvalue weighted by Crippen LogP contribution is -2.52. The van der Waals surface area contributed by atoms with E-state index in [1.165, 1.54) is 32.1 Å². The molecule has 1 saturated carbocycles. The molecule has 0 saturated heterocycles. The van der Waals surface area contributed by atoms with Gasteiger partial charge in [0.25, 0.3) is 0 Å². The van der Waals surface area contributed by atoms with Gasteiger partial charge in [0, 0.05) is 18.5 Å². The second kappa shape index (κ2) is 6.58. The van der Waals surface area contributed by atoms with Gasteiger partial charge in [0.05, 0.1) is 6.54 Å². The molecule has 1 aliphatic rings. The summed E-state index contributed by atoms with van der Waals surface area (Å²) < 4.78 is 5.74. The van der Waals surface area contributed by atoms with Crippen molar-refractivity contribution in [2.75, 3.05) is 20.6 Å². The molecule has 0 unspecified atom stereocenters. The fourth-order valence-corrected chi connectivity index (χ4v) is 3.12. The van der Waals surface area contributed by atoms with Crippen LogP contribution >= 0.6 is 0 Å². The van der Waals surface area contributed by atoms with Gasteiger partial charge in [-0.15, -0.1) is 0 Å². The molecular weight excluding hydrogens is 236 g/mol. The maximum Gasteiger partial charge on any atom is 0.117 e. The SMILES string of the molecule is CCc1ccc(CNCC2(N(C)C)CCCCC2)o1. The normalized spacial score (nSPS) is 18.9. The minimum Gasteiger partial charge on any atom is -0.465 e. The highest BCUT2D eigenvalue weighted by Crippen LogP contribution is 2.31. The van der Waals surface area contributed by atoms with E-state index >= 15 is 0 Å². The van der Waals surface area contributed by atoms with E-state index in [0.717, 1.165) is 31.0 Å². The van der Waals surface area contributed by atoms with Crippen LogP contribution in [0.25, 0.3) is 0 Å². The summed E-state index contributed by atoms with van der Waals surface area (Å²) in [7, 11) is 4.43. The number of rotatable bonds is 6. The molecule has 3 heteroatoms. The number of likely N-dealkylation sites (N-methyl/N-ethyl adjacent to an activating group) is 1. The summed E-state index contributed by atoms with van der Waals surface area (Å²) in [5.74, 6) is 2.14. The zero-order chi connectivity index (χ0) is 13.7. The van der Waals surface area contributed by atoms with E-state index in [0.29, 0.717) is 5.54 Å². The van der Waals surface area contributed by atoms with Crippen molar-refractivity contribution in [2.45, 2.75) is 57.5 Å². The van der Waals surface area contributed by atoms with Gasteiger partial charge >= 0.3 is 0 Å². The maximum atomic E-state index is 5.74. The monoisotopic (exact) mass is 264 g/mol. The lowest BCUT2D eigenvalue weighted by Gasteiger charge is -2.43. The van der Waals surface area contributed by atoms with Crippen LogP contribution in [0.3, 0.4) is 0 Å². The third-order valence-electron chi connectivity index (χ3n) is 4.55. The fourth-order valence-electron chi connectivity index (χ4n) is 3.12. The van der Waals surface area contributed by atoms with E-state index in [2.05, 4.69) is 43.4 Å². The number of aryl methyl sites for hydroxylation is 1. The number of nitrogens with one attached hydrogen (secondary N) is 1. The van der Waals surface area contributed by atoms with Crippen LogP contribution in [0.5, 0.6) is 0 Å². The number of nitrogens with zero attached hydrogens (tertiary/aromatic N) is 1. The lowest BCUT2D eigenvalue weighted by molar-refractivity contribution is 0.0978. The summed E-state index contributed by atoms with van der Waals surface area (Å²) in [6.45, 7) is 4.02. The van der Waals surface area contributed by atoms with Crippen LogP contribution in [-0.4, -0.2) is 31.1 Å². The molecule has 1 aromatic heterocycles. The van der Waals surface area contributed by atoms with Gasteiger partial charge < -0.3 is 14.6 Å². The van der Waals surface area contributed by atoms with Crippen molar-refractivity contribution in [2.24, 2.45) is 0 Å². The first-order chi connectivity index (χ1) is 9.16. The predicted molar refractivity (Wildman–Crippen MR) is 79.3 cm³/mol. The Morgan fingerprint density at radius 2 is 1.84 bits per heavy atom. The van der Waals surface area contributed by atoms with Crippen LogP contribution < -0.4 is 5.32 Å². The average Bonchev–Trinajstić information content (AvgIpc) is 2.87. The second-order valence-corrected chi connectivity index (χ2v) is 6.00. The molecular formula is C16H28N2O. The van der Waals surface area contributed by atoms with E-state index in [1.807, 2.05) is 0 Å². The van der Waals surface area contributed by atoms with Crippen LogP contribution in [0, 0.1) is 0 Å². The Morgan fingerprint density at radius 1 is 1.16 bits per heavy atom. The number of furan rings is 1. The average molecular weight is 264 g/mol. The van der Waals surface area contributed by atoms with E-state index in [1.54, 1.807) is 0 Å². The van der Waals surface area contributed by atoms with Gasteiger partial charge in [-0.25, -0.2) is 0 Å². The molecule has 108 valence electrons. The standard InChI is InChI=1S/C16H28N2O/c1-4-14-8-9-15(19-14)12-17-13-16(18(2)3)10-6-5-7-11-16/h8-9,17H,4-7,10-13H2,1-3H3. The zero-order valence-electron chi connectivity index (χ0n) is 12.7. The van der Waals surface area contributed by atoms with Gasteiger partial charge in [0.15, 0.2) is 0 Å². The van der Waals surface area contributed by atoms with Gasteiger partial charge in [-0.3, -0.25) is 0 Å². The molecule has 1 fully saturated rings. The van der Waals surface area contributed by atoms with Crippen LogP contribution in [0.15, 0.2) is 16.5 Å². The smallest absolute Gasteiger partial charge is 0.117 e. The summed E-state index contributed by atoms with van der Waals surface area (Å²) in [6, 6.07) is 4.17. The summed E-state index contributed by atoms with van der Waals surface area (Å²) >= 11 is 0. The summed E-state index contributed by atoms with van der Waals surface area (Å²) in [4.78, 5) is 2.42. The molecule has 1 aliphatic carbocycles. The van der Waals surface area contributed by atoms with Crippen molar-refractivity contribution in [1.29, 1.82) is 0 Å². The topological polar surface area (TPSA) is 28.4 Å². The second-order valence-electron chi connectivity index (χ2n) is 6.00. The maximum absolute atomic E-state index is 5.74. The molecule has 2 rings (SSSR count). The number of hydrogen-bond acceptors (Lipinski definition) is 3. The molecule has 1 aromatic rings. The first-order valence-corrected chi connectivity index (χ1v) is 7.62. The van der Waals surface area contributed by atoms with Crippen molar-refractivity contribution >= 4 is 0 Å². The molecule has 0 radical (unpaired) electrons. The Kier molecular flexibility index (Phi) is 5.06. The highest BCUT2D eigenvalue weighted by molar-refractivity contribution is 5.07. The molecule has 0 aliphatic heterocycles. The van der Waals surface area contributed by atoms with E-state index in [9.17, 15) is 0 Å². The number of hydrogen-bond donors (Lipinski definition) is 1. The van der Waals surface area contributed by atoms with Crippen molar-refractivity contribution < 1.29 is 4.42 Å². The Morgan fingerprint density at radius 3 is 2.42 bits per heavy atom. The van der Waals surface area contributed by atoms with Crippen LogP contribution in [0.4, 0.5) is 0 Å². The summed E-state index contributed by atoms with van der Waals surface area (Å²) in [5.41, 5.74) is 0.346. The molecule has 0 atom stereocenters. The van der Waals surface area contributed by atoms with Crippen LogP contribution in [0.2, 0.25) is 0 Å². The molecule has 0 bridgehead atoms. The minimum absolute atomic E-state index is 0.346. The Hall–Kier alpha value is -0.800. The van der Waals surface area contributed by atoms with E-state index in [4.69, 9.17) is 4.42 Å². The molecule has 3 nitrogen and oxygen atoms in total. The van der Waals surface area contributed by atoms with Crippen molar-refractivity contribution in [3.8, 4) is 0 Å². The first-order valence-electron chi connectivity index (χ1n) is 7.62. The van der Waals surface area contributed by atoms with Crippen molar-refractivity contribution in [3.05, 3.63) is 23.7 Å². The van der Waals surface area contributed by atoms with Gasteiger partial charge in [-0.05, 0) is 39.1 Å². The molecule has 0 spiro atoms. The van der Waals surface area contributed by atoms with Gasteiger partial charge in [0.1, 0.15) is 11.5 Å². The third kappa shape index (κ3) is 3.61. The van der Waals surface area contributed by atoms with E-state index < -0.39 is 0 Å². The highest BCUT2D eigenvalue weighted by Gasteiger charge is 2.33. The zero-order valence-corrected chi connectivity index (χ0v) is 12.7. The first kappa shape index (κ1) is 14.6. The van der Waals surface area contributed by atoms with Gasteiger partial charge in [0.2, 0.25) is 0 Å². The van der Waals surface area contributed by atoms with Crippen molar-refractivity contribution in [3.63, 3.8) is 0 Å². The molecule has 0 aromatic carbocycles. The Bertz CT molecular complexity index is 378. The molecule has 1 N–H and O–H groups in total. The highest BCUT2D eigenvalue weighted by atomic mass is 16.3. The quantitative estimate of drug-likeness (QED) is 0.855. The fraction of sp³-hybridized carbons (Fsp3) is 0.750. The predicted octanol–water partition coefficient (Wildman–Crippen LogP) is 3.20. The third-order valence-corrected chi connectivity index (χ3v) is 4.55. The van der Waals surface area contributed by atoms with Gasteiger partial charge in [-0.2, -0.15) is 0 Å².